The third-order valence-electron chi connectivity index (χ3n) is 3.30. The molecule has 21 heavy (non-hydrogen) atoms. The Labute approximate surface area is 129 Å². The van der Waals surface area contributed by atoms with Gasteiger partial charge >= 0.3 is 0 Å². The lowest BCUT2D eigenvalue weighted by Crippen LogP contribution is -2.57. The first-order chi connectivity index (χ1) is 9.60. The Morgan fingerprint density at radius 1 is 1.19 bits per heavy atom. The lowest BCUT2D eigenvalue weighted by Gasteiger charge is -2.31. The largest absolute Gasteiger partial charge is 0.381 e. The Morgan fingerprint density at radius 2 is 1.81 bits per heavy atom. The number of rotatable bonds is 4. The molecule has 4 N–H and O–H groups in total. The number of nitrogens with one attached hydrogen (secondary N) is 2. The summed E-state index contributed by atoms with van der Waals surface area (Å²) in [7, 11) is 0. The molecule has 116 valence electrons. The summed E-state index contributed by atoms with van der Waals surface area (Å²) in [5, 5.41) is 5.27. The SMILES string of the molecule is Cl.NC1(C(=O)NCC(=O)Nc2ccccc2)CCOCC1. The van der Waals surface area contributed by atoms with Gasteiger partial charge in [0.2, 0.25) is 11.8 Å². The molecular weight excluding hydrogens is 294 g/mol. The molecule has 1 aromatic carbocycles. The van der Waals surface area contributed by atoms with Crippen LogP contribution in [0.4, 0.5) is 5.69 Å². The minimum Gasteiger partial charge on any atom is -0.381 e. The number of para-hydroxylation sites is 1. The molecule has 0 bridgehead atoms. The summed E-state index contributed by atoms with van der Waals surface area (Å²) in [6.07, 6.45) is 0.943. The van der Waals surface area contributed by atoms with Crippen molar-refractivity contribution in [2.45, 2.75) is 18.4 Å². The topological polar surface area (TPSA) is 93.5 Å². The lowest BCUT2D eigenvalue weighted by atomic mass is 9.90. The minimum absolute atomic E-state index is 0. The van der Waals surface area contributed by atoms with Crippen molar-refractivity contribution in [2.75, 3.05) is 25.1 Å². The highest BCUT2D eigenvalue weighted by atomic mass is 35.5. The van der Waals surface area contributed by atoms with Crippen LogP contribution in [0.25, 0.3) is 0 Å². The van der Waals surface area contributed by atoms with Crippen LogP contribution in [0.1, 0.15) is 12.8 Å². The average Bonchev–Trinajstić information content (AvgIpc) is 2.46. The molecule has 7 heteroatoms. The van der Waals surface area contributed by atoms with Crippen LogP contribution in [0.5, 0.6) is 0 Å². The summed E-state index contributed by atoms with van der Waals surface area (Å²) >= 11 is 0. The Morgan fingerprint density at radius 3 is 2.43 bits per heavy atom. The number of carbonyl (C=O) groups is 2. The lowest BCUT2D eigenvalue weighted by molar-refractivity contribution is -0.131. The third-order valence-corrected chi connectivity index (χ3v) is 3.30. The number of ether oxygens (including phenoxy) is 1. The van der Waals surface area contributed by atoms with E-state index >= 15 is 0 Å². The summed E-state index contributed by atoms with van der Waals surface area (Å²) in [4.78, 5) is 23.7. The van der Waals surface area contributed by atoms with E-state index in [9.17, 15) is 9.59 Å². The number of nitrogens with two attached hydrogens (primary N) is 1. The number of carbonyl (C=O) groups excluding carboxylic acids is 2. The van der Waals surface area contributed by atoms with E-state index in [0.717, 1.165) is 0 Å². The third kappa shape index (κ3) is 5.00. The zero-order valence-electron chi connectivity index (χ0n) is 11.6. The summed E-state index contributed by atoms with van der Waals surface area (Å²) in [5.74, 6) is -0.579. The first-order valence-electron chi connectivity index (χ1n) is 6.60. The van der Waals surface area contributed by atoms with Gasteiger partial charge in [-0.15, -0.1) is 12.4 Å². The molecule has 1 saturated heterocycles. The van der Waals surface area contributed by atoms with Crippen molar-refractivity contribution in [3.05, 3.63) is 30.3 Å². The molecule has 0 spiro atoms. The fourth-order valence-corrected chi connectivity index (χ4v) is 2.03. The number of halogens is 1. The highest BCUT2D eigenvalue weighted by Gasteiger charge is 2.35. The maximum Gasteiger partial charge on any atom is 0.243 e. The standard InChI is InChI=1S/C14H19N3O3.ClH/c15-14(6-8-20-9-7-14)13(19)16-10-12(18)17-11-4-2-1-3-5-11;/h1-5H,6-10,15H2,(H,16,19)(H,17,18);1H. The van der Waals surface area contributed by atoms with Gasteiger partial charge in [0.25, 0.3) is 0 Å². The fraction of sp³-hybridized carbons (Fsp3) is 0.429. The van der Waals surface area contributed by atoms with Crippen LogP contribution in [0.2, 0.25) is 0 Å². The molecule has 2 amide bonds. The Bertz CT molecular complexity index is 476. The zero-order valence-corrected chi connectivity index (χ0v) is 12.4. The molecule has 0 saturated carbocycles. The molecule has 1 aliphatic heterocycles. The second kappa shape index (κ2) is 7.97. The van der Waals surface area contributed by atoms with E-state index in [1.54, 1.807) is 12.1 Å². The summed E-state index contributed by atoms with van der Waals surface area (Å²) < 4.78 is 5.18. The van der Waals surface area contributed by atoms with Gasteiger partial charge in [-0.05, 0) is 25.0 Å². The van der Waals surface area contributed by atoms with Crippen LogP contribution in [0.15, 0.2) is 30.3 Å². The van der Waals surface area contributed by atoms with Crippen LogP contribution in [0.3, 0.4) is 0 Å². The zero-order chi connectivity index (χ0) is 14.4. The smallest absolute Gasteiger partial charge is 0.243 e. The van der Waals surface area contributed by atoms with E-state index in [1.165, 1.54) is 0 Å². The van der Waals surface area contributed by atoms with E-state index in [0.29, 0.717) is 31.7 Å². The highest BCUT2D eigenvalue weighted by Crippen LogP contribution is 2.17. The number of hydrogen-bond acceptors (Lipinski definition) is 4. The molecular formula is C14H20ClN3O3. The van der Waals surface area contributed by atoms with Crippen molar-refractivity contribution in [2.24, 2.45) is 5.73 Å². The molecule has 1 fully saturated rings. The van der Waals surface area contributed by atoms with Gasteiger partial charge in [0, 0.05) is 18.9 Å². The monoisotopic (exact) mass is 313 g/mol. The van der Waals surface area contributed by atoms with E-state index in [4.69, 9.17) is 10.5 Å². The predicted molar refractivity (Wildman–Crippen MR) is 82.3 cm³/mol. The molecule has 1 heterocycles. The molecule has 6 nitrogen and oxygen atoms in total. The molecule has 0 atom stereocenters. The molecule has 1 aromatic rings. The molecule has 0 aliphatic carbocycles. The van der Waals surface area contributed by atoms with Crippen molar-refractivity contribution in [3.63, 3.8) is 0 Å². The van der Waals surface area contributed by atoms with Gasteiger partial charge in [-0.2, -0.15) is 0 Å². The van der Waals surface area contributed by atoms with Crippen LogP contribution in [-0.2, 0) is 14.3 Å². The van der Waals surface area contributed by atoms with E-state index in [2.05, 4.69) is 10.6 Å². The molecule has 1 aliphatic rings. The van der Waals surface area contributed by atoms with Crippen LogP contribution >= 0.6 is 12.4 Å². The quantitative estimate of drug-likeness (QED) is 0.761. The van der Waals surface area contributed by atoms with Crippen LogP contribution < -0.4 is 16.4 Å². The maximum atomic E-state index is 12.0. The van der Waals surface area contributed by atoms with Crippen molar-refractivity contribution >= 4 is 29.9 Å². The Kier molecular flexibility index (Phi) is 6.61. The molecule has 0 radical (unpaired) electrons. The number of hydrogen-bond donors (Lipinski definition) is 3. The van der Waals surface area contributed by atoms with E-state index < -0.39 is 5.54 Å². The average molecular weight is 314 g/mol. The van der Waals surface area contributed by atoms with Gasteiger partial charge in [0.15, 0.2) is 0 Å². The second-order valence-electron chi connectivity index (χ2n) is 4.87. The minimum atomic E-state index is -0.925. The summed E-state index contributed by atoms with van der Waals surface area (Å²) in [6.45, 7) is 0.855. The van der Waals surface area contributed by atoms with Crippen molar-refractivity contribution < 1.29 is 14.3 Å². The van der Waals surface area contributed by atoms with Gasteiger partial charge in [0.1, 0.15) is 0 Å². The van der Waals surface area contributed by atoms with E-state index in [-0.39, 0.29) is 30.8 Å². The van der Waals surface area contributed by atoms with Gasteiger partial charge in [-0.25, -0.2) is 0 Å². The van der Waals surface area contributed by atoms with Gasteiger partial charge < -0.3 is 21.1 Å². The summed E-state index contributed by atoms with van der Waals surface area (Å²) in [5.41, 5.74) is 5.79. The van der Waals surface area contributed by atoms with Gasteiger partial charge in [-0.3, -0.25) is 9.59 Å². The van der Waals surface area contributed by atoms with Crippen molar-refractivity contribution in [3.8, 4) is 0 Å². The maximum absolute atomic E-state index is 12.0. The predicted octanol–water partition coefficient (Wildman–Crippen LogP) is 0.671. The number of benzene rings is 1. The van der Waals surface area contributed by atoms with E-state index in [1.807, 2.05) is 18.2 Å². The first kappa shape index (κ1) is 17.4. The molecule has 0 aromatic heterocycles. The van der Waals surface area contributed by atoms with Crippen LogP contribution in [0, 0.1) is 0 Å². The normalized spacial score (nSPS) is 16.4. The first-order valence-corrected chi connectivity index (χ1v) is 6.60. The summed E-state index contributed by atoms with van der Waals surface area (Å²) in [6, 6.07) is 9.07. The second-order valence-corrected chi connectivity index (χ2v) is 4.87. The number of anilines is 1. The van der Waals surface area contributed by atoms with Gasteiger partial charge in [-0.1, -0.05) is 18.2 Å². The van der Waals surface area contributed by atoms with Crippen molar-refractivity contribution in [1.29, 1.82) is 0 Å². The fourth-order valence-electron chi connectivity index (χ4n) is 2.03. The van der Waals surface area contributed by atoms with Crippen molar-refractivity contribution in [1.82, 2.24) is 5.32 Å². The van der Waals surface area contributed by atoms with Gasteiger partial charge in [0.05, 0.1) is 12.1 Å². The Hall–Kier alpha value is -1.63. The Balaban J connectivity index is 0.00000220. The highest BCUT2D eigenvalue weighted by molar-refractivity contribution is 5.96. The molecule has 2 rings (SSSR count). The van der Waals surface area contributed by atoms with Crippen LogP contribution in [-0.4, -0.2) is 37.1 Å². The number of amides is 2. The molecule has 0 unspecified atom stereocenters.